The normalized spacial score (nSPS) is 14.8. The average Bonchev–Trinajstić information content (AvgIpc) is 3.45. The van der Waals surface area contributed by atoms with Crippen molar-refractivity contribution in [3.8, 4) is 11.5 Å². The van der Waals surface area contributed by atoms with Crippen LogP contribution in [0.1, 0.15) is 67.8 Å². The number of aromatic nitrogens is 2. The lowest BCUT2D eigenvalue weighted by atomic mass is 9.85. The summed E-state index contributed by atoms with van der Waals surface area (Å²) in [6.45, 7) is 6.24. The maximum atomic E-state index is 13.7. The molecule has 2 aliphatic rings. The number of halogens is 1. The molecule has 0 N–H and O–H groups in total. The molecule has 2 aliphatic heterocycles. The van der Waals surface area contributed by atoms with Crippen LogP contribution in [0.3, 0.4) is 0 Å². The van der Waals surface area contributed by atoms with Crippen molar-refractivity contribution in [1.29, 1.82) is 0 Å². The number of rotatable bonds is 3. The van der Waals surface area contributed by atoms with E-state index in [-0.39, 0.29) is 50.3 Å². The maximum Gasteiger partial charge on any atom is 0.332 e. The smallest absolute Gasteiger partial charge is 0.332 e. The van der Waals surface area contributed by atoms with E-state index in [1.807, 2.05) is 12.1 Å². The van der Waals surface area contributed by atoms with E-state index >= 15 is 0 Å². The molecule has 0 spiro atoms. The first-order valence-electron chi connectivity index (χ1n) is 13.1. The van der Waals surface area contributed by atoms with Gasteiger partial charge in [-0.1, -0.05) is 49.6 Å². The third-order valence-electron chi connectivity index (χ3n) is 7.58. The van der Waals surface area contributed by atoms with Crippen LogP contribution in [0.5, 0.6) is 0 Å². The molecule has 0 radical (unpaired) electrons. The van der Waals surface area contributed by atoms with Gasteiger partial charge in [0, 0.05) is 43.6 Å². The largest absolute Gasteiger partial charge is 0.403 e. The van der Waals surface area contributed by atoms with E-state index in [4.69, 9.17) is 16.0 Å². The van der Waals surface area contributed by atoms with Crippen molar-refractivity contribution >= 4 is 57.7 Å². The highest BCUT2D eigenvalue weighted by molar-refractivity contribution is 6.42. The van der Waals surface area contributed by atoms with Crippen LogP contribution in [0, 0.1) is 0 Å². The zero-order chi connectivity index (χ0) is 29.5. The third-order valence-corrected chi connectivity index (χ3v) is 7.83. The number of carbonyl (C=O) groups is 4. The third kappa shape index (κ3) is 3.70. The first-order chi connectivity index (χ1) is 20.0. The molecule has 0 atom stereocenters. The van der Waals surface area contributed by atoms with E-state index in [1.54, 1.807) is 36.4 Å². The molecule has 4 amide bonds. The van der Waals surface area contributed by atoms with Crippen LogP contribution in [0.15, 0.2) is 77.2 Å². The summed E-state index contributed by atoms with van der Waals surface area (Å²) in [5.74, 6) is -2.38. The number of imide groups is 2. The molecule has 3 heterocycles. The second-order valence-electron chi connectivity index (χ2n) is 11.2. The van der Waals surface area contributed by atoms with Crippen LogP contribution in [0.2, 0.25) is 5.02 Å². The van der Waals surface area contributed by atoms with Gasteiger partial charge in [-0.3, -0.25) is 19.2 Å². The highest BCUT2D eigenvalue weighted by atomic mass is 35.5. The lowest BCUT2D eigenvalue weighted by Gasteiger charge is -2.31. The zero-order valence-corrected chi connectivity index (χ0v) is 23.4. The molecule has 0 saturated heterocycles. The van der Waals surface area contributed by atoms with Gasteiger partial charge in [-0.05, 0) is 71.6 Å². The molecule has 206 valence electrons. The Kier molecular flexibility index (Phi) is 5.48. The number of amides is 4. The quantitative estimate of drug-likeness (QED) is 0.227. The van der Waals surface area contributed by atoms with Crippen LogP contribution in [-0.2, 0) is 5.41 Å². The van der Waals surface area contributed by atoms with Gasteiger partial charge < -0.3 is 4.42 Å². The lowest BCUT2D eigenvalue weighted by Crippen LogP contribution is -2.43. The molecule has 0 fully saturated rings. The van der Waals surface area contributed by atoms with E-state index in [1.165, 1.54) is 24.3 Å². The summed E-state index contributed by atoms with van der Waals surface area (Å²) in [6.07, 6.45) is 0. The van der Waals surface area contributed by atoms with Crippen LogP contribution >= 0.6 is 11.6 Å². The fraction of sp³-hybridized carbons (Fsp3) is 0.125. The monoisotopic (exact) mass is 576 g/mol. The molecule has 1 aromatic heterocycles. The van der Waals surface area contributed by atoms with Crippen LogP contribution in [-0.4, -0.2) is 33.8 Å². The van der Waals surface area contributed by atoms with E-state index in [9.17, 15) is 19.2 Å². The molecular weight excluding hydrogens is 556 g/mol. The molecule has 0 saturated carbocycles. The van der Waals surface area contributed by atoms with E-state index in [0.717, 1.165) is 15.4 Å². The molecule has 5 aromatic rings. The van der Waals surface area contributed by atoms with Gasteiger partial charge >= 0.3 is 6.01 Å². The zero-order valence-electron chi connectivity index (χ0n) is 22.6. The van der Waals surface area contributed by atoms with Crippen LogP contribution in [0.4, 0.5) is 11.7 Å². The van der Waals surface area contributed by atoms with Crippen molar-refractivity contribution in [2.75, 3.05) is 9.80 Å². The highest BCUT2D eigenvalue weighted by Crippen LogP contribution is 2.40. The Hall–Kier alpha value is -5.15. The Morgan fingerprint density at radius 2 is 1.10 bits per heavy atom. The van der Waals surface area contributed by atoms with Crippen molar-refractivity contribution in [3.05, 3.63) is 106 Å². The fourth-order valence-corrected chi connectivity index (χ4v) is 5.53. The standard InChI is InChI=1S/C32H21ClN4O5/c1-32(2,3)17-6-10-19(11-7-17)36-27(38)20-12-14-22-25-23(15-13-21(24(20)25)28(36)39)30(41)37(29(22)40)31-35-34-26(42-31)16-4-8-18(33)9-5-16/h4-15H,1-3H3. The molecular formula is C32H21ClN4O5. The van der Waals surface area contributed by atoms with Crippen LogP contribution < -0.4 is 9.80 Å². The number of hydrogen-bond donors (Lipinski definition) is 0. The molecule has 4 aromatic carbocycles. The van der Waals surface area contributed by atoms with Gasteiger partial charge in [0.25, 0.3) is 23.6 Å². The average molecular weight is 577 g/mol. The molecule has 42 heavy (non-hydrogen) atoms. The van der Waals surface area contributed by atoms with Gasteiger partial charge in [0.15, 0.2) is 0 Å². The van der Waals surface area contributed by atoms with Crippen molar-refractivity contribution in [2.45, 2.75) is 26.2 Å². The van der Waals surface area contributed by atoms with Crippen molar-refractivity contribution in [3.63, 3.8) is 0 Å². The summed E-state index contributed by atoms with van der Waals surface area (Å²) in [6, 6.07) is 19.6. The van der Waals surface area contributed by atoms with Gasteiger partial charge in [0.1, 0.15) is 0 Å². The lowest BCUT2D eigenvalue weighted by molar-refractivity contribution is 0.0868. The number of carbonyl (C=O) groups excluding carboxylic acids is 4. The summed E-state index contributed by atoms with van der Waals surface area (Å²) in [7, 11) is 0. The predicted octanol–water partition coefficient (Wildman–Crippen LogP) is 6.44. The van der Waals surface area contributed by atoms with Crippen LogP contribution in [0.25, 0.3) is 22.2 Å². The van der Waals surface area contributed by atoms with Gasteiger partial charge in [-0.2, -0.15) is 4.90 Å². The molecule has 10 heteroatoms. The molecule has 0 aliphatic carbocycles. The number of nitrogens with zero attached hydrogens (tertiary/aromatic N) is 4. The minimum Gasteiger partial charge on any atom is -0.403 e. The van der Waals surface area contributed by atoms with E-state index in [0.29, 0.717) is 16.3 Å². The van der Waals surface area contributed by atoms with Gasteiger partial charge in [-0.25, -0.2) is 4.90 Å². The number of benzene rings is 4. The van der Waals surface area contributed by atoms with Crippen molar-refractivity contribution < 1.29 is 23.6 Å². The Labute approximate surface area is 244 Å². The van der Waals surface area contributed by atoms with E-state index in [2.05, 4.69) is 31.0 Å². The molecule has 9 nitrogen and oxygen atoms in total. The second kappa shape index (κ2) is 8.92. The highest BCUT2D eigenvalue weighted by Gasteiger charge is 2.42. The topological polar surface area (TPSA) is 114 Å². The summed E-state index contributed by atoms with van der Waals surface area (Å²) >= 11 is 5.96. The number of hydrogen-bond acceptors (Lipinski definition) is 7. The second-order valence-corrected chi connectivity index (χ2v) is 11.6. The molecule has 0 bridgehead atoms. The summed E-state index contributed by atoms with van der Waals surface area (Å²) in [4.78, 5) is 56.7. The summed E-state index contributed by atoms with van der Waals surface area (Å²) in [5, 5.41) is 8.98. The Bertz CT molecular complexity index is 1940. The minimum absolute atomic E-state index is 0.0984. The maximum absolute atomic E-state index is 13.7. The minimum atomic E-state index is -0.706. The first kappa shape index (κ1) is 25.8. The fourth-order valence-electron chi connectivity index (χ4n) is 5.41. The van der Waals surface area contributed by atoms with E-state index < -0.39 is 23.6 Å². The number of anilines is 2. The van der Waals surface area contributed by atoms with Gasteiger partial charge in [-0.15, -0.1) is 5.10 Å². The Morgan fingerprint density at radius 3 is 1.57 bits per heavy atom. The SMILES string of the molecule is CC(C)(C)c1ccc(N2C(=O)c3ccc4c5c(ccc(c35)C2=O)C(=O)N(c2nnc(-c3ccc(Cl)cc3)o2)C4=O)cc1. The van der Waals surface area contributed by atoms with Crippen molar-refractivity contribution in [2.24, 2.45) is 0 Å². The summed E-state index contributed by atoms with van der Waals surface area (Å²) in [5.41, 5.74) is 2.68. The van der Waals surface area contributed by atoms with Crippen molar-refractivity contribution in [1.82, 2.24) is 10.2 Å². The Morgan fingerprint density at radius 1 is 0.619 bits per heavy atom. The van der Waals surface area contributed by atoms with Gasteiger partial charge in [0.2, 0.25) is 5.89 Å². The Balaban J connectivity index is 1.30. The summed E-state index contributed by atoms with van der Waals surface area (Å²) < 4.78 is 5.71. The first-order valence-corrected chi connectivity index (χ1v) is 13.5. The molecule has 7 rings (SSSR count). The predicted molar refractivity (Wildman–Crippen MR) is 156 cm³/mol. The molecule has 0 unspecified atom stereocenters. The van der Waals surface area contributed by atoms with Gasteiger partial charge in [0.05, 0.1) is 5.69 Å².